The summed E-state index contributed by atoms with van der Waals surface area (Å²) >= 11 is 1.52. The Balaban J connectivity index is 2.90. The zero-order chi connectivity index (χ0) is 26.5. The SMILES string of the molecule is CCC(C)C(NC(=O)C(N)CCCN=C(N)N)C(=O)NC(CCSC)C(=O)N1CCCC1C(=O)O. The van der Waals surface area contributed by atoms with Crippen LogP contribution in [0, 0.1) is 5.92 Å². The fourth-order valence-corrected chi connectivity index (χ4v) is 4.33. The Kier molecular flexibility index (Phi) is 13.5. The summed E-state index contributed by atoms with van der Waals surface area (Å²) in [5.41, 5.74) is 16.6. The van der Waals surface area contributed by atoms with Gasteiger partial charge in [0.2, 0.25) is 17.7 Å². The first-order valence-corrected chi connectivity index (χ1v) is 13.4. The second-order valence-electron chi connectivity index (χ2n) is 8.80. The van der Waals surface area contributed by atoms with Crippen LogP contribution < -0.4 is 27.8 Å². The molecule has 5 atom stereocenters. The van der Waals surface area contributed by atoms with Crippen LogP contribution in [0.15, 0.2) is 4.99 Å². The molecule has 9 N–H and O–H groups in total. The molecule has 1 aliphatic rings. The molecule has 200 valence electrons. The molecule has 1 fully saturated rings. The van der Waals surface area contributed by atoms with Gasteiger partial charge in [-0.25, -0.2) is 4.79 Å². The van der Waals surface area contributed by atoms with Gasteiger partial charge in [-0.1, -0.05) is 20.3 Å². The lowest BCUT2D eigenvalue weighted by atomic mass is 9.97. The van der Waals surface area contributed by atoms with Gasteiger partial charge >= 0.3 is 5.97 Å². The second kappa shape index (κ2) is 15.5. The molecule has 3 amide bonds. The Morgan fingerprint density at radius 2 is 1.86 bits per heavy atom. The van der Waals surface area contributed by atoms with E-state index in [2.05, 4.69) is 15.6 Å². The fourth-order valence-electron chi connectivity index (χ4n) is 3.85. The molecule has 0 saturated carbocycles. The monoisotopic (exact) mass is 515 g/mol. The van der Waals surface area contributed by atoms with Crippen LogP contribution >= 0.6 is 11.8 Å². The van der Waals surface area contributed by atoms with E-state index in [1.807, 2.05) is 20.1 Å². The van der Waals surface area contributed by atoms with Crippen LogP contribution in [0.3, 0.4) is 0 Å². The first kappa shape index (κ1) is 30.5. The van der Waals surface area contributed by atoms with Gasteiger partial charge in [-0.05, 0) is 50.0 Å². The molecule has 13 heteroatoms. The molecule has 0 bridgehead atoms. The number of carbonyl (C=O) groups is 4. The van der Waals surface area contributed by atoms with Crippen molar-refractivity contribution in [3.05, 3.63) is 0 Å². The first-order valence-electron chi connectivity index (χ1n) is 12.0. The van der Waals surface area contributed by atoms with Crippen LogP contribution in [-0.2, 0) is 19.2 Å². The van der Waals surface area contributed by atoms with Gasteiger partial charge in [-0.15, -0.1) is 0 Å². The van der Waals surface area contributed by atoms with Crippen LogP contribution in [0.4, 0.5) is 0 Å². The van der Waals surface area contributed by atoms with Crippen molar-refractivity contribution in [2.24, 2.45) is 28.1 Å². The molecule has 0 aromatic carbocycles. The number of hydrogen-bond acceptors (Lipinski definition) is 7. The van der Waals surface area contributed by atoms with Crippen molar-refractivity contribution in [2.75, 3.05) is 25.1 Å². The molecular weight excluding hydrogens is 474 g/mol. The summed E-state index contributed by atoms with van der Waals surface area (Å²) in [6.07, 6.45) is 4.65. The zero-order valence-electron chi connectivity index (χ0n) is 20.9. The van der Waals surface area contributed by atoms with Crippen LogP contribution in [0.25, 0.3) is 0 Å². The second-order valence-corrected chi connectivity index (χ2v) is 9.78. The number of aliphatic imine (C=N–C) groups is 1. The number of thioether (sulfide) groups is 1. The molecule has 0 aliphatic carbocycles. The Hall–Kier alpha value is -2.54. The molecule has 1 saturated heterocycles. The molecule has 1 rings (SSSR count). The zero-order valence-corrected chi connectivity index (χ0v) is 21.7. The molecule has 0 aromatic rings. The average Bonchev–Trinajstić information content (AvgIpc) is 3.31. The molecule has 35 heavy (non-hydrogen) atoms. The van der Waals surface area contributed by atoms with E-state index in [9.17, 15) is 24.3 Å². The predicted molar refractivity (Wildman–Crippen MR) is 137 cm³/mol. The number of carboxylic acids is 1. The number of nitrogens with zero attached hydrogens (tertiary/aromatic N) is 2. The highest BCUT2D eigenvalue weighted by Gasteiger charge is 2.38. The van der Waals surface area contributed by atoms with Gasteiger partial charge in [-0.3, -0.25) is 19.4 Å². The van der Waals surface area contributed by atoms with E-state index < -0.39 is 47.9 Å². The average molecular weight is 516 g/mol. The molecule has 0 aromatic heterocycles. The van der Waals surface area contributed by atoms with E-state index in [0.717, 1.165) is 0 Å². The number of aliphatic carboxylic acids is 1. The van der Waals surface area contributed by atoms with Gasteiger partial charge in [0.1, 0.15) is 18.1 Å². The van der Waals surface area contributed by atoms with Crippen molar-refractivity contribution in [1.82, 2.24) is 15.5 Å². The van der Waals surface area contributed by atoms with E-state index in [-0.39, 0.29) is 11.9 Å². The van der Waals surface area contributed by atoms with E-state index in [1.165, 1.54) is 16.7 Å². The van der Waals surface area contributed by atoms with Crippen LogP contribution in [0.5, 0.6) is 0 Å². The fraction of sp³-hybridized carbons (Fsp3) is 0.773. The van der Waals surface area contributed by atoms with E-state index in [4.69, 9.17) is 17.2 Å². The van der Waals surface area contributed by atoms with Crippen molar-refractivity contribution < 1.29 is 24.3 Å². The Bertz CT molecular complexity index is 762. The number of guanidine groups is 1. The molecule has 12 nitrogen and oxygen atoms in total. The predicted octanol–water partition coefficient (Wildman–Crippen LogP) is -0.788. The smallest absolute Gasteiger partial charge is 0.326 e. The summed E-state index contributed by atoms with van der Waals surface area (Å²) in [7, 11) is 0. The van der Waals surface area contributed by atoms with Crippen LogP contribution in [0.1, 0.15) is 52.4 Å². The van der Waals surface area contributed by atoms with Crippen LogP contribution in [-0.4, -0.2) is 88.9 Å². The minimum atomic E-state index is -1.05. The quantitative estimate of drug-likeness (QED) is 0.0916. The van der Waals surface area contributed by atoms with Gasteiger partial charge in [0.05, 0.1) is 6.04 Å². The number of amides is 3. The Labute approximate surface area is 211 Å². The number of likely N-dealkylation sites (tertiary alicyclic amines) is 1. The van der Waals surface area contributed by atoms with Crippen molar-refractivity contribution >= 4 is 41.4 Å². The van der Waals surface area contributed by atoms with Gasteiger partial charge in [-0.2, -0.15) is 11.8 Å². The summed E-state index contributed by atoms with van der Waals surface area (Å²) in [5.74, 6) is -2.09. The summed E-state index contributed by atoms with van der Waals surface area (Å²) in [4.78, 5) is 55.9. The van der Waals surface area contributed by atoms with Crippen LogP contribution in [0.2, 0.25) is 0 Å². The normalized spacial score (nSPS) is 18.7. The topological polar surface area (TPSA) is 206 Å². The highest BCUT2D eigenvalue weighted by atomic mass is 32.2. The summed E-state index contributed by atoms with van der Waals surface area (Å²) in [5, 5.41) is 15.0. The Morgan fingerprint density at radius 3 is 2.43 bits per heavy atom. The van der Waals surface area contributed by atoms with Gasteiger partial charge in [0.25, 0.3) is 0 Å². The number of nitrogens with one attached hydrogen (secondary N) is 2. The summed E-state index contributed by atoms with van der Waals surface area (Å²) in [6.45, 7) is 4.39. The van der Waals surface area contributed by atoms with Crippen molar-refractivity contribution in [3.8, 4) is 0 Å². The minimum absolute atomic E-state index is 0.0364. The molecule has 1 aliphatic heterocycles. The Morgan fingerprint density at radius 1 is 1.17 bits per heavy atom. The number of carbonyl (C=O) groups excluding carboxylic acids is 3. The third-order valence-electron chi connectivity index (χ3n) is 6.14. The molecule has 0 radical (unpaired) electrons. The maximum Gasteiger partial charge on any atom is 0.326 e. The van der Waals surface area contributed by atoms with Gasteiger partial charge in [0.15, 0.2) is 5.96 Å². The van der Waals surface area contributed by atoms with Crippen molar-refractivity contribution in [3.63, 3.8) is 0 Å². The number of hydrogen-bond donors (Lipinski definition) is 6. The van der Waals surface area contributed by atoms with E-state index >= 15 is 0 Å². The summed E-state index contributed by atoms with van der Waals surface area (Å²) < 4.78 is 0. The number of nitrogens with two attached hydrogens (primary N) is 3. The molecular formula is C22H41N7O5S. The summed E-state index contributed by atoms with van der Waals surface area (Å²) in [6, 6.07) is -3.52. The number of rotatable bonds is 15. The molecule has 1 heterocycles. The minimum Gasteiger partial charge on any atom is -0.480 e. The highest BCUT2D eigenvalue weighted by Crippen LogP contribution is 2.20. The molecule has 0 spiro atoms. The lowest BCUT2D eigenvalue weighted by molar-refractivity contribution is -0.149. The number of carboxylic acid groups (broad SMARTS) is 1. The maximum absolute atomic E-state index is 13.2. The lowest BCUT2D eigenvalue weighted by Crippen LogP contribution is -2.58. The van der Waals surface area contributed by atoms with E-state index in [0.29, 0.717) is 57.4 Å². The third-order valence-corrected chi connectivity index (χ3v) is 6.79. The van der Waals surface area contributed by atoms with Crippen molar-refractivity contribution in [2.45, 2.75) is 76.5 Å². The van der Waals surface area contributed by atoms with Gasteiger partial charge < -0.3 is 37.8 Å². The third kappa shape index (κ3) is 9.92. The lowest BCUT2D eigenvalue weighted by Gasteiger charge is -2.30. The largest absolute Gasteiger partial charge is 0.480 e. The highest BCUT2D eigenvalue weighted by molar-refractivity contribution is 7.98. The standard InChI is InChI=1S/C22H41N7O5S/c1-4-13(2)17(28-18(30)14(23)7-5-10-26-22(24)25)19(31)27-15(9-12-35-3)20(32)29-11-6-8-16(29)21(33)34/h13-17H,4-12,23H2,1-3H3,(H,27,31)(H,28,30)(H,33,34)(H4,24,25,26). The van der Waals surface area contributed by atoms with Gasteiger partial charge in [0, 0.05) is 13.1 Å². The first-order chi connectivity index (χ1) is 16.5. The maximum atomic E-state index is 13.2. The molecule has 5 unspecified atom stereocenters. The van der Waals surface area contributed by atoms with E-state index in [1.54, 1.807) is 0 Å². The van der Waals surface area contributed by atoms with Crippen molar-refractivity contribution in [1.29, 1.82) is 0 Å².